The number of nitrogens with zero attached hydrogens (tertiary/aromatic N) is 3. The number of amides is 1. The number of ether oxygens (including phenoxy) is 1. The molecule has 0 saturated carbocycles. The first kappa shape index (κ1) is 19.5. The van der Waals surface area contributed by atoms with Crippen molar-refractivity contribution in [3.8, 4) is 5.75 Å². The molecule has 4 rings (SSSR count). The van der Waals surface area contributed by atoms with Gasteiger partial charge in [0.2, 0.25) is 5.91 Å². The molecule has 1 aliphatic rings. The Labute approximate surface area is 172 Å². The molecular formula is C24H29N3O2. The summed E-state index contributed by atoms with van der Waals surface area (Å²) in [6.07, 6.45) is 1.65. The molecule has 29 heavy (non-hydrogen) atoms. The zero-order valence-electron chi connectivity index (χ0n) is 17.5. The van der Waals surface area contributed by atoms with Crippen molar-refractivity contribution in [3.05, 3.63) is 59.9 Å². The number of hydrogen-bond acceptors (Lipinski definition) is 3. The number of rotatable bonds is 7. The van der Waals surface area contributed by atoms with Gasteiger partial charge >= 0.3 is 0 Å². The van der Waals surface area contributed by atoms with Gasteiger partial charge in [-0.3, -0.25) is 4.79 Å². The average Bonchev–Trinajstić information content (AvgIpc) is 3.29. The van der Waals surface area contributed by atoms with Crippen LogP contribution in [0.15, 0.2) is 48.5 Å². The molecule has 2 heterocycles. The molecule has 1 aliphatic heterocycles. The molecule has 1 aromatic heterocycles. The van der Waals surface area contributed by atoms with E-state index in [1.54, 1.807) is 7.11 Å². The molecule has 3 aromatic rings. The summed E-state index contributed by atoms with van der Waals surface area (Å²) in [7, 11) is 1.66. The lowest BCUT2D eigenvalue weighted by Crippen LogP contribution is -2.24. The van der Waals surface area contributed by atoms with E-state index in [1.807, 2.05) is 35.2 Å². The summed E-state index contributed by atoms with van der Waals surface area (Å²) < 4.78 is 7.57. The molecular weight excluding hydrogens is 362 g/mol. The molecule has 0 bridgehead atoms. The van der Waals surface area contributed by atoms with E-state index in [9.17, 15) is 4.79 Å². The Hall–Kier alpha value is -2.82. The molecule has 1 saturated heterocycles. The fourth-order valence-corrected chi connectivity index (χ4v) is 4.09. The standard InChI is InChI=1S/C24H29N3O2/c1-4-17(2)14-27-22-8-6-5-7-21(22)25-24(27)19-13-23(28)26(16-19)15-18-9-11-20(29-3)12-10-18/h5-12,17,19H,4,13-16H2,1-3H3. The Balaban J connectivity index is 1.58. The number of carbonyl (C=O) groups is 1. The predicted octanol–water partition coefficient (Wildman–Crippen LogP) is 4.61. The van der Waals surface area contributed by atoms with Crippen LogP contribution in [-0.4, -0.2) is 34.0 Å². The minimum atomic E-state index is 0.136. The van der Waals surface area contributed by atoms with Crippen molar-refractivity contribution in [1.29, 1.82) is 0 Å². The zero-order valence-corrected chi connectivity index (χ0v) is 17.5. The molecule has 1 fully saturated rings. The van der Waals surface area contributed by atoms with E-state index in [0.717, 1.165) is 35.6 Å². The second kappa shape index (κ2) is 8.27. The molecule has 2 aromatic carbocycles. The molecule has 5 nitrogen and oxygen atoms in total. The van der Waals surface area contributed by atoms with Crippen molar-refractivity contribution in [2.75, 3.05) is 13.7 Å². The minimum absolute atomic E-state index is 0.136. The Morgan fingerprint density at radius 1 is 1.17 bits per heavy atom. The van der Waals surface area contributed by atoms with Gasteiger partial charge in [-0.25, -0.2) is 4.98 Å². The Morgan fingerprint density at radius 3 is 2.66 bits per heavy atom. The summed E-state index contributed by atoms with van der Waals surface area (Å²) in [6, 6.07) is 16.2. The average molecular weight is 392 g/mol. The van der Waals surface area contributed by atoms with Crippen molar-refractivity contribution >= 4 is 16.9 Å². The number of fused-ring (bicyclic) bond motifs is 1. The maximum atomic E-state index is 12.8. The first-order chi connectivity index (χ1) is 14.1. The van der Waals surface area contributed by atoms with Crippen LogP contribution in [0.4, 0.5) is 0 Å². The van der Waals surface area contributed by atoms with Gasteiger partial charge in [0.05, 0.1) is 18.1 Å². The van der Waals surface area contributed by atoms with E-state index in [1.165, 1.54) is 5.52 Å². The Kier molecular flexibility index (Phi) is 5.56. The molecule has 0 N–H and O–H groups in total. The summed E-state index contributed by atoms with van der Waals surface area (Å²) >= 11 is 0. The van der Waals surface area contributed by atoms with Gasteiger partial charge in [0, 0.05) is 32.0 Å². The minimum Gasteiger partial charge on any atom is -0.497 e. The van der Waals surface area contributed by atoms with Crippen molar-refractivity contribution in [2.45, 2.75) is 45.7 Å². The topological polar surface area (TPSA) is 47.4 Å². The molecule has 0 spiro atoms. The third kappa shape index (κ3) is 4.00. The zero-order chi connectivity index (χ0) is 20.4. The fourth-order valence-electron chi connectivity index (χ4n) is 4.09. The van der Waals surface area contributed by atoms with Crippen LogP contribution >= 0.6 is 0 Å². The van der Waals surface area contributed by atoms with Gasteiger partial charge in [-0.15, -0.1) is 0 Å². The van der Waals surface area contributed by atoms with Gasteiger partial charge in [0.15, 0.2) is 0 Å². The van der Waals surface area contributed by atoms with Gasteiger partial charge in [-0.05, 0) is 35.7 Å². The normalized spacial score (nSPS) is 17.8. The highest BCUT2D eigenvalue weighted by molar-refractivity contribution is 5.81. The number of likely N-dealkylation sites (tertiary alicyclic amines) is 1. The molecule has 5 heteroatoms. The van der Waals surface area contributed by atoms with Gasteiger partial charge < -0.3 is 14.2 Å². The Bertz CT molecular complexity index is 993. The first-order valence-corrected chi connectivity index (χ1v) is 10.4. The fraction of sp³-hybridized carbons (Fsp3) is 0.417. The van der Waals surface area contributed by atoms with Gasteiger partial charge in [0.25, 0.3) is 0 Å². The number of hydrogen-bond donors (Lipinski definition) is 0. The summed E-state index contributed by atoms with van der Waals surface area (Å²) in [5, 5.41) is 0. The lowest BCUT2D eigenvalue weighted by atomic mass is 10.1. The van der Waals surface area contributed by atoms with Crippen LogP contribution < -0.4 is 4.74 Å². The highest BCUT2D eigenvalue weighted by Gasteiger charge is 2.34. The highest BCUT2D eigenvalue weighted by atomic mass is 16.5. The number of methoxy groups -OCH3 is 1. The van der Waals surface area contributed by atoms with E-state index < -0.39 is 0 Å². The first-order valence-electron chi connectivity index (χ1n) is 10.4. The van der Waals surface area contributed by atoms with Crippen LogP contribution in [0.1, 0.15) is 44.0 Å². The van der Waals surface area contributed by atoms with Crippen LogP contribution in [-0.2, 0) is 17.9 Å². The molecule has 2 unspecified atom stereocenters. The summed E-state index contributed by atoms with van der Waals surface area (Å²) in [6.45, 7) is 6.78. The van der Waals surface area contributed by atoms with Gasteiger partial charge in [-0.1, -0.05) is 44.5 Å². The SMILES string of the molecule is CCC(C)Cn1c(C2CC(=O)N(Cc3ccc(OC)cc3)C2)nc2ccccc21. The highest BCUT2D eigenvalue weighted by Crippen LogP contribution is 2.32. The summed E-state index contributed by atoms with van der Waals surface area (Å²) in [5.41, 5.74) is 3.31. The van der Waals surface area contributed by atoms with E-state index in [-0.39, 0.29) is 11.8 Å². The smallest absolute Gasteiger partial charge is 0.223 e. The summed E-state index contributed by atoms with van der Waals surface area (Å²) in [4.78, 5) is 19.7. The van der Waals surface area contributed by atoms with Crippen LogP contribution in [0.2, 0.25) is 0 Å². The van der Waals surface area contributed by atoms with E-state index in [4.69, 9.17) is 9.72 Å². The van der Waals surface area contributed by atoms with Crippen molar-refractivity contribution in [1.82, 2.24) is 14.5 Å². The quantitative estimate of drug-likeness (QED) is 0.591. The Morgan fingerprint density at radius 2 is 1.93 bits per heavy atom. The predicted molar refractivity (Wildman–Crippen MR) is 115 cm³/mol. The lowest BCUT2D eigenvalue weighted by molar-refractivity contribution is -0.128. The van der Waals surface area contributed by atoms with Crippen molar-refractivity contribution < 1.29 is 9.53 Å². The van der Waals surface area contributed by atoms with Crippen LogP contribution in [0.3, 0.4) is 0 Å². The molecule has 1 amide bonds. The van der Waals surface area contributed by atoms with Crippen molar-refractivity contribution in [2.24, 2.45) is 5.92 Å². The molecule has 152 valence electrons. The maximum Gasteiger partial charge on any atom is 0.223 e. The lowest BCUT2D eigenvalue weighted by Gasteiger charge is -2.19. The van der Waals surface area contributed by atoms with Crippen LogP contribution in [0.25, 0.3) is 11.0 Å². The molecule has 0 aliphatic carbocycles. The van der Waals surface area contributed by atoms with Crippen LogP contribution in [0.5, 0.6) is 5.75 Å². The number of carbonyl (C=O) groups excluding carboxylic acids is 1. The van der Waals surface area contributed by atoms with Gasteiger partial charge in [0.1, 0.15) is 11.6 Å². The second-order valence-electron chi connectivity index (χ2n) is 8.11. The third-order valence-corrected chi connectivity index (χ3v) is 5.99. The largest absolute Gasteiger partial charge is 0.497 e. The van der Waals surface area contributed by atoms with Gasteiger partial charge in [-0.2, -0.15) is 0 Å². The number of aromatic nitrogens is 2. The monoisotopic (exact) mass is 391 g/mol. The van der Waals surface area contributed by atoms with E-state index in [0.29, 0.717) is 25.4 Å². The molecule has 0 radical (unpaired) electrons. The van der Waals surface area contributed by atoms with E-state index in [2.05, 4.69) is 36.6 Å². The number of imidazole rings is 1. The van der Waals surface area contributed by atoms with Crippen LogP contribution in [0, 0.1) is 5.92 Å². The number of benzene rings is 2. The third-order valence-electron chi connectivity index (χ3n) is 5.99. The second-order valence-corrected chi connectivity index (χ2v) is 8.11. The molecule has 2 atom stereocenters. The van der Waals surface area contributed by atoms with E-state index >= 15 is 0 Å². The van der Waals surface area contributed by atoms with Crippen molar-refractivity contribution in [3.63, 3.8) is 0 Å². The number of para-hydroxylation sites is 2. The maximum absolute atomic E-state index is 12.8. The summed E-state index contributed by atoms with van der Waals surface area (Å²) in [5.74, 6) is 2.79.